The summed E-state index contributed by atoms with van der Waals surface area (Å²) in [7, 11) is 0. The molecule has 3 rings (SSSR count). The van der Waals surface area contributed by atoms with Crippen molar-refractivity contribution < 1.29 is 9.53 Å². The van der Waals surface area contributed by atoms with Crippen LogP contribution in [0.4, 0.5) is 0 Å². The van der Waals surface area contributed by atoms with E-state index in [-0.39, 0.29) is 24.4 Å². The van der Waals surface area contributed by atoms with Crippen molar-refractivity contribution in [2.75, 3.05) is 6.61 Å². The highest BCUT2D eigenvalue weighted by atomic mass is 35.5. The summed E-state index contributed by atoms with van der Waals surface area (Å²) >= 11 is 5.94. The maximum absolute atomic E-state index is 12.9. The Morgan fingerprint density at radius 2 is 1.88 bits per heavy atom. The lowest BCUT2D eigenvalue weighted by Crippen LogP contribution is -2.27. The van der Waals surface area contributed by atoms with E-state index in [4.69, 9.17) is 16.3 Å². The molecule has 0 atom stereocenters. The highest BCUT2D eigenvalue weighted by Crippen LogP contribution is 2.15. The number of aryl methyl sites for hydroxylation is 1. The standard InChI is InChI=1S/C20H19ClN2O3/c1-2-26-19(24)12-11-17-20(25)23(13-14-7-9-15(21)10-8-14)18-6-4-3-5-16(18)22-17/h3-10H,2,11-13H2,1H3. The highest BCUT2D eigenvalue weighted by Gasteiger charge is 2.13. The van der Waals surface area contributed by atoms with Crippen molar-refractivity contribution in [1.29, 1.82) is 0 Å². The van der Waals surface area contributed by atoms with Crippen LogP contribution in [0.15, 0.2) is 53.3 Å². The zero-order valence-corrected chi connectivity index (χ0v) is 15.2. The molecule has 5 nitrogen and oxygen atoms in total. The van der Waals surface area contributed by atoms with Crippen LogP contribution in [-0.4, -0.2) is 22.1 Å². The summed E-state index contributed by atoms with van der Waals surface area (Å²) in [5.74, 6) is -0.328. The smallest absolute Gasteiger partial charge is 0.306 e. The van der Waals surface area contributed by atoms with Crippen molar-refractivity contribution >= 4 is 28.6 Å². The average molecular weight is 371 g/mol. The maximum Gasteiger partial charge on any atom is 0.306 e. The quantitative estimate of drug-likeness (QED) is 0.622. The Bertz CT molecular complexity index is 981. The number of para-hydroxylation sites is 2. The molecule has 0 aliphatic rings. The second-order valence-electron chi connectivity index (χ2n) is 5.87. The first-order valence-electron chi connectivity index (χ1n) is 8.47. The minimum absolute atomic E-state index is 0.134. The molecule has 1 aromatic heterocycles. The van der Waals surface area contributed by atoms with Crippen LogP contribution >= 0.6 is 11.6 Å². The van der Waals surface area contributed by atoms with Crippen molar-refractivity contribution in [3.05, 3.63) is 75.2 Å². The molecule has 0 radical (unpaired) electrons. The zero-order valence-electron chi connectivity index (χ0n) is 14.4. The van der Waals surface area contributed by atoms with Crippen molar-refractivity contribution in [2.45, 2.75) is 26.3 Å². The van der Waals surface area contributed by atoms with Gasteiger partial charge in [-0.25, -0.2) is 4.98 Å². The van der Waals surface area contributed by atoms with Gasteiger partial charge in [0, 0.05) is 11.4 Å². The van der Waals surface area contributed by atoms with Crippen LogP contribution in [0.5, 0.6) is 0 Å². The van der Waals surface area contributed by atoms with Crippen LogP contribution in [0.3, 0.4) is 0 Å². The molecule has 0 fully saturated rings. The molecule has 0 aliphatic heterocycles. The number of benzene rings is 2. The Hall–Kier alpha value is -2.66. The molecule has 0 saturated carbocycles. The Balaban J connectivity index is 1.99. The van der Waals surface area contributed by atoms with E-state index in [1.54, 1.807) is 23.6 Å². The lowest BCUT2D eigenvalue weighted by molar-refractivity contribution is -0.143. The number of hydrogen-bond donors (Lipinski definition) is 0. The van der Waals surface area contributed by atoms with Gasteiger partial charge in [0.05, 0.1) is 30.6 Å². The molecule has 0 unspecified atom stereocenters. The molecule has 0 bridgehead atoms. The van der Waals surface area contributed by atoms with Gasteiger partial charge in [-0.3, -0.25) is 9.59 Å². The van der Waals surface area contributed by atoms with Gasteiger partial charge < -0.3 is 9.30 Å². The van der Waals surface area contributed by atoms with E-state index >= 15 is 0 Å². The number of fused-ring (bicyclic) bond motifs is 1. The van der Waals surface area contributed by atoms with Gasteiger partial charge in [-0.05, 0) is 36.8 Å². The van der Waals surface area contributed by atoms with Crippen molar-refractivity contribution in [3.8, 4) is 0 Å². The van der Waals surface area contributed by atoms with Gasteiger partial charge in [-0.2, -0.15) is 0 Å². The van der Waals surface area contributed by atoms with Crippen LogP contribution in [-0.2, 0) is 22.5 Å². The first-order valence-corrected chi connectivity index (χ1v) is 8.85. The van der Waals surface area contributed by atoms with E-state index in [9.17, 15) is 9.59 Å². The number of halogens is 1. The maximum atomic E-state index is 12.9. The number of carbonyl (C=O) groups excluding carboxylic acids is 1. The van der Waals surface area contributed by atoms with Gasteiger partial charge in [-0.15, -0.1) is 0 Å². The summed E-state index contributed by atoms with van der Waals surface area (Å²) in [5.41, 5.74) is 2.62. The fourth-order valence-corrected chi connectivity index (χ4v) is 2.92. The predicted octanol–water partition coefficient (Wildman–Crippen LogP) is 3.59. The van der Waals surface area contributed by atoms with Crippen molar-refractivity contribution in [2.24, 2.45) is 0 Å². The molecule has 3 aromatic rings. The molecule has 134 valence electrons. The van der Waals surface area contributed by atoms with Gasteiger partial charge in [0.25, 0.3) is 5.56 Å². The third-order valence-electron chi connectivity index (χ3n) is 4.05. The highest BCUT2D eigenvalue weighted by molar-refractivity contribution is 6.30. The van der Waals surface area contributed by atoms with Crippen LogP contribution < -0.4 is 5.56 Å². The zero-order chi connectivity index (χ0) is 18.5. The molecule has 26 heavy (non-hydrogen) atoms. The molecule has 1 heterocycles. The van der Waals surface area contributed by atoms with E-state index < -0.39 is 0 Å². The summed E-state index contributed by atoms with van der Waals surface area (Å²) in [4.78, 5) is 29.0. The fraction of sp³-hybridized carbons (Fsp3) is 0.250. The first kappa shape index (κ1) is 18.1. The second kappa shape index (κ2) is 8.15. The summed E-state index contributed by atoms with van der Waals surface area (Å²) in [6, 6.07) is 14.9. The molecular formula is C20H19ClN2O3. The van der Waals surface area contributed by atoms with Gasteiger partial charge in [0.15, 0.2) is 0 Å². The number of esters is 1. The van der Waals surface area contributed by atoms with Crippen LogP contribution in [0.1, 0.15) is 24.6 Å². The Kier molecular flexibility index (Phi) is 5.68. The number of ether oxygens (including phenoxy) is 1. The SMILES string of the molecule is CCOC(=O)CCc1nc2ccccc2n(Cc2ccc(Cl)cc2)c1=O. The molecule has 2 aromatic carbocycles. The van der Waals surface area contributed by atoms with Gasteiger partial charge in [0.1, 0.15) is 5.69 Å². The van der Waals surface area contributed by atoms with E-state index in [1.165, 1.54) is 0 Å². The van der Waals surface area contributed by atoms with Gasteiger partial charge in [0.2, 0.25) is 0 Å². The largest absolute Gasteiger partial charge is 0.466 e. The van der Waals surface area contributed by atoms with E-state index in [2.05, 4.69) is 4.98 Å². The average Bonchev–Trinajstić information content (AvgIpc) is 2.64. The van der Waals surface area contributed by atoms with E-state index in [0.29, 0.717) is 23.9 Å². The van der Waals surface area contributed by atoms with Crippen LogP contribution in [0.25, 0.3) is 11.0 Å². The number of rotatable bonds is 6. The summed E-state index contributed by atoms with van der Waals surface area (Å²) < 4.78 is 6.63. The van der Waals surface area contributed by atoms with E-state index in [1.807, 2.05) is 36.4 Å². The Labute approximate surface area is 156 Å². The third kappa shape index (κ3) is 4.11. The molecule has 6 heteroatoms. The summed E-state index contributed by atoms with van der Waals surface area (Å²) in [6.45, 7) is 2.49. The predicted molar refractivity (Wildman–Crippen MR) is 102 cm³/mol. The molecule has 0 aliphatic carbocycles. The molecule has 0 amide bonds. The summed E-state index contributed by atoms with van der Waals surface area (Å²) in [5, 5.41) is 0.649. The van der Waals surface area contributed by atoms with Crippen LogP contribution in [0, 0.1) is 0 Å². The molecule has 0 saturated heterocycles. The fourth-order valence-electron chi connectivity index (χ4n) is 2.79. The van der Waals surface area contributed by atoms with Crippen molar-refractivity contribution in [3.63, 3.8) is 0 Å². The molecular weight excluding hydrogens is 352 g/mol. The second-order valence-corrected chi connectivity index (χ2v) is 6.31. The lowest BCUT2D eigenvalue weighted by atomic mass is 10.2. The lowest BCUT2D eigenvalue weighted by Gasteiger charge is -2.12. The topological polar surface area (TPSA) is 61.2 Å². The van der Waals surface area contributed by atoms with Crippen molar-refractivity contribution in [1.82, 2.24) is 9.55 Å². The molecule has 0 spiro atoms. The minimum Gasteiger partial charge on any atom is -0.466 e. The number of hydrogen-bond acceptors (Lipinski definition) is 4. The number of aromatic nitrogens is 2. The normalized spacial score (nSPS) is 10.8. The van der Waals surface area contributed by atoms with E-state index in [0.717, 1.165) is 16.6 Å². The Morgan fingerprint density at radius 3 is 2.62 bits per heavy atom. The minimum atomic E-state index is -0.328. The first-order chi connectivity index (χ1) is 12.6. The number of carbonyl (C=O) groups is 1. The number of nitrogens with zero attached hydrogens (tertiary/aromatic N) is 2. The Morgan fingerprint density at radius 1 is 1.15 bits per heavy atom. The van der Waals surface area contributed by atoms with Crippen LogP contribution in [0.2, 0.25) is 5.02 Å². The molecule has 0 N–H and O–H groups in total. The monoisotopic (exact) mass is 370 g/mol. The van der Waals surface area contributed by atoms with Gasteiger partial charge >= 0.3 is 5.97 Å². The summed E-state index contributed by atoms with van der Waals surface area (Å²) in [6.07, 6.45) is 0.387. The third-order valence-corrected chi connectivity index (χ3v) is 4.30. The van der Waals surface area contributed by atoms with Gasteiger partial charge in [-0.1, -0.05) is 35.9 Å².